The van der Waals surface area contributed by atoms with Gasteiger partial charge >= 0.3 is 0 Å². The van der Waals surface area contributed by atoms with Crippen LogP contribution in [0.1, 0.15) is 35.7 Å². The maximum absolute atomic E-state index is 13.1. The first-order valence-corrected chi connectivity index (χ1v) is 8.82. The third kappa shape index (κ3) is 3.10. The van der Waals surface area contributed by atoms with Crippen LogP contribution < -0.4 is 0 Å². The number of aromatic nitrogens is 4. The van der Waals surface area contributed by atoms with Crippen LogP contribution in [0.3, 0.4) is 0 Å². The number of carbonyl (C=O) groups is 1. The van der Waals surface area contributed by atoms with Gasteiger partial charge in [-0.15, -0.1) is 10.2 Å². The summed E-state index contributed by atoms with van der Waals surface area (Å²) in [6, 6.07) is 14.0. The Morgan fingerprint density at radius 1 is 1.12 bits per heavy atom. The summed E-state index contributed by atoms with van der Waals surface area (Å²) in [5.41, 5.74) is 1.91. The van der Waals surface area contributed by atoms with E-state index in [9.17, 15) is 4.79 Å². The molecule has 26 heavy (non-hydrogen) atoms. The summed E-state index contributed by atoms with van der Waals surface area (Å²) in [4.78, 5) is 19.4. The molecular formula is C20H21N5O. The van der Waals surface area contributed by atoms with E-state index in [1.807, 2.05) is 11.0 Å². The van der Waals surface area contributed by atoms with Crippen LogP contribution >= 0.6 is 0 Å². The Morgan fingerprint density at radius 3 is 2.65 bits per heavy atom. The van der Waals surface area contributed by atoms with Crippen LogP contribution in [-0.2, 0) is 5.41 Å². The number of carbonyl (C=O) groups excluding carboxylic acids is 1. The molecule has 6 heteroatoms. The van der Waals surface area contributed by atoms with E-state index in [1.54, 1.807) is 35.6 Å². The molecule has 0 radical (unpaired) electrons. The lowest BCUT2D eigenvalue weighted by Crippen LogP contribution is -2.47. The molecule has 0 N–H and O–H groups in total. The first-order valence-electron chi connectivity index (χ1n) is 8.82. The minimum absolute atomic E-state index is 0.0146. The monoisotopic (exact) mass is 347 g/mol. The quantitative estimate of drug-likeness (QED) is 0.731. The lowest BCUT2D eigenvalue weighted by atomic mass is 9.76. The molecular weight excluding hydrogens is 326 g/mol. The first kappa shape index (κ1) is 16.4. The zero-order chi connectivity index (χ0) is 18.0. The molecule has 1 saturated heterocycles. The smallest absolute Gasteiger partial charge is 0.254 e. The number of benzene rings is 1. The summed E-state index contributed by atoms with van der Waals surface area (Å²) >= 11 is 0. The molecule has 3 aromatic rings. The van der Waals surface area contributed by atoms with Crippen LogP contribution in [0.2, 0.25) is 0 Å². The van der Waals surface area contributed by atoms with Crippen LogP contribution in [0.25, 0.3) is 5.82 Å². The third-order valence-corrected chi connectivity index (χ3v) is 5.13. The molecule has 132 valence electrons. The molecule has 1 aliphatic heterocycles. The van der Waals surface area contributed by atoms with E-state index in [4.69, 9.17) is 0 Å². The molecule has 1 amide bonds. The van der Waals surface area contributed by atoms with E-state index in [1.165, 1.54) is 5.56 Å². The van der Waals surface area contributed by atoms with Crippen LogP contribution in [0.4, 0.5) is 0 Å². The number of hydrogen-bond donors (Lipinski definition) is 0. The zero-order valence-corrected chi connectivity index (χ0v) is 14.7. The van der Waals surface area contributed by atoms with Gasteiger partial charge in [0.1, 0.15) is 18.5 Å². The molecule has 4 rings (SSSR count). The van der Waals surface area contributed by atoms with Crippen molar-refractivity contribution in [3.05, 3.63) is 72.4 Å². The maximum atomic E-state index is 13.1. The standard InChI is InChI=1S/C20H21N5O/c1-20(17-6-3-2-4-7-17)9-5-11-24(13-20)19(26)16-8-10-21-18(12-16)25-14-22-23-15-25/h2-4,6-8,10,12,14-15H,5,9,11,13H2,1H3. The zero-order valence-electron chi connectivity index (χ0n) is 14.7. The first-order chi connectivity index (χ1) is 12.7. The molecule has 0 bridgehead atoms. The van der Waals surface area contributed by atoms with Gasteiger partial charge in [-0.1, -0.05) is 37.3 Å². The summed E-state index contributed by atoms with van der Waals surface area (Å²) in [5, 5.41) is 7.59. The van der Waals surface area contributed by atoms with Gasteiger partial charge in [0, 0.05) is 30.3 Å². The number of piperidine rings is 1. The molecule has 0 saturated carbocycles. The molecule has 6 nitrogen and oxygen atoms in total. The second kappa shape index (κ2) is 6.71. The van der Waals surface area contributed by atoms with Crippen molar-refractivity contribution < 1.29 is 4.79 Å². The Bertz CT molecular complexity index is 894. The highest BCUT2D eigenvalue weighted by Gasteiger charge is 2.34. The molecule has 1 fully saturated rings. The molecule has 2 aromatic heterocycles. The highest BCUT2D eigenvalue weighted by molar-refractivity contribution is 5.94. The van der Waals surface area contributed by atoms with E-state index in [2.05, 4.69) is 46.4 Å². The van der Waals surface area contributed by atoms with Gasteiger partial charge in [-0.2, -0.15) is 0 Å². The fourth-order valence-corrected chi connectivity index (χ4v) is 3.68. The summed E-state index contributed by atoms with van der Waals surface area (Å²) < 4.78 is 1.70. The SMILES string of the molecule is CC1(c2ccccc2)CCCN(C(=O)c2ccnc(-n3cnnc3)c2)C1. The van der Waals surface area contributed by atoms with Gasteiger partial charge < -0.3 is 4.90 Å². The molecule has 0 spiro atoms. The average Bonchev–Trinajstić information content (AvgIpc) is 3.23. The summed E-state index contributed by atoms with van der Waals surface area (Å²) in [6.07, 6.45) is 6.89. The maximum Gasteiger partial charge on any atom is 0.254 e. The number of nitrogens with zero attached hydrogens (tertiary/aromatic N) is 5. The number of likely N-dealkylation sites (tertiary alicyclic amines) is 1. The van der Waals surface area contributed by atoms with Crippen LogP contribution in [-0.4, -0.2) is 43.6 Å². The van der Waals surface area contributed by atoms with Gasteiger partial charge in [0.15, 0.2) is 0 Å². The lowest BCUT2D eigenvalue weighted by molar-refractivity contribution is 0.0651. The van der Waals surface area contributed by atoms with E-state index in [0.717, 1.165) is 25.9 Å². The fourth-order valence-electron chi connectivity index (χ4n) is 3.68. The van der Waals surface area contributed by atoms with Crippen molar-refractivity contribution in [1.29, 1.82) is 0 Å². The van der Waals surface area contributed by atoms with Crippen molar-refractivity contribution >= 4 is 5.91 Å². The second-order valence-electron chi connectivity index (χ2n) is 7.03. The van der Waals surface area contributed by atoms with Crippen molar-refractivity contribution in [2.75, 3.05) is 13.1 Å². The van der Waals surface area contributed by atoms with E-state index in [-0.39, 0.29) is 11.3 Å². The Kier molecular flexibility index (Phi) is 4.24. The van der Waals surface area contributed by atoms with Crippen LogP contribution in [0.5, 0.6) is 0 Å². The van der Waals surface area contributed by atoms with Gasteiger partial charge in [-0.05, 0) is 30.5 Å². The van der Waals surface area contributed by atoms with Gasteiger partial charge in [-0.25, -0.2) is 4.98 Å². The van der Waals surface area contributed by atoms with E-state index >= 15 is 0 Å². The molecule has 1 atom stereocenters. The second-order valence-corrected chi connectivity index (χ2v) is 7.03. The van der Waals surface area contributed by atoms with Crippen molar-refractivity contribution in [3.63, 3.8) is 0 Å². The predicted octanol–water partition coefficient (Wildman–Crippen LogP) is 2.86. The number of pyridine rings is 1. The molecule has 3 heterocycles. The highest BCUT2D eigenvalue weighted by Crippen LogP contribution is 2.34. The Morgan fingerprint density at radius 2 is 1.88 bits per heavy atom. The average molecular weight is 347 g/mol. The number of amides is 1. The minimum atomic E-state index is -0.0146. The number of hydrogen-bond acceptors (Lipinski definition) is 4. The van der Waals surface area contributed by atoms with Gasteiger partial charge in [-0.3, -0.25) is 9.36 Å². The van der Waals surface area contributed by atoms with Crippen LogP contribution in [0.15, 0.2) is 61.3 Å². The van der Waals surface area contributed by atoms with Crippen molar-refractivity contribution in [1.82, 2.24) is 24.6 Å². The molecule has 1 aromatic carbocycles. The van der Waals surface area contributed by atoms with E-state index < -0.39 is 0 Å². The minimum Gasteiger partial charge on any atom is -0.338 e. The van der Waals surface area contributed by atoms with Crippen LogP contribution in [0, 0.1) is 0 Å². The Hall–Kier alpha value is -3.02. The third-order valence-electron chi connectivity index (χ3n) is 5.13. The number of rotatable bonds is 3. The normalized spacial score (nSPS) is 20.1. The predicted molar refractivity (Wildman–Crippen MR) is 98.1 cm³/mol. The highest BCUT2D eigenvalue weighted by atomic mass is 16.2. The summed E-state index contributed by atoms with van der Waals surface area (Å²) in [6.45, 7) is 3.75. The fraction of sp³-hybridized carbons (Fsp3) is 0.300. The molecule has 1 unspecified atom stereocenters. The van der Waals surface area contributed by atoms with Crippen molar-refractivity contribution in [3.8, 4) is 5.82 Å². The van der Waals surface area contributed by atoms with E-state index in [0.29, 0.717) is 11.4 Å². The molecule has 0 aliphatic carbocycles. The Balaban J connectivity index is 1.58. The van der Waals surface area contributed by atoms with Gasteiger partial charge in [0.05, 0.1) is 0 Å². The largest absolute Gasteiger partial charge is 0.338 e. The topological polar surface area (TPSA) is 63.9 Å². The summed E-state index contributed by atoms with van der Waals surface area (Å²) in [5.74, 6) is 0.687. The molecule has 1 aliphatic rings. The Labute approximate surface area is 152 Å². The van der Waals surface area contributed by atoms with Gasteiger partial charge in [0.2, 0.25) is 0 Å². The lowest BCUT2D eigenvalue weighted by Gasteiger charge is -2.41. The van der Waals surface area contributed by atoms with Gasteiger partial charge in [0.25, 0.3) is 5.91 Å². The summed E-state index contributed by atoms with van der Waals surface area (Å²) in [7, 11) is 0. The van der Waals surface area contributed by atoms with Crippen molar-refractivity contribution in [2.45, 2.75) is 25.2 Å². The van der Waals surface area contributed by atoms with Crippen molar-refractivity contribution in [2.24, 2.45) is 0 Å².